The molecule has 1 aromatic heterocycles. The number of halogens is 5. The van der Waals surface area contributed by atoms with Crippen molar-refractivity contribution in [2.75, 3.05) is 6.54 Å². The van der Waals surface area contributed by atoms with Crippen molar-refractivity contribution < 1.29 is 31.8 Å². The van der Waals surface area contributed by atoms with Crippen molar-refractivity contribution in [2.45, 2.75) is 56.4 Å². The lowest BCUT2D eigenvalue weighted by Crippen LogP contribution is -2.46. The average molecular weight is 631 g/mol. The number of alkyl halides is 2. The molecule has 0 spiro atoms. The van der Waals surface area contributed by atoms with Crippen molar-refractivity contribution in [2.24, 2.45) is 5.73 Å². The third-order valence-corrected chi connectivity index (χ3v) is 8.67. The van der Waals surface area contributed by atoms with E-state index in [9.17, 15) is 13.6 Å². The Labute approximate surface area is 254 Å². The molecule has 1 saturated carbocycles. The van der Waals surface area contributed by atoms with Gasteiger partial charge in [-0.05, 0) is 53.8 Å². The first-order valence-electron chi connectivity index (χ1n) is 14.0. The Kier molecular flexibility index (Phi) is 8.16. The number of nitrogens with two attached hydrogens (primary N) is 1. The molecule has 44 heavy (non-hydrogen) atoms. The smallest absolute Gasteiger partial charge is 0.387 e. The average Bonchev–Trinajstić information content (AvgIpc) is 3.68. The number of fused-ring (bicyclic) bond motifs is 1. The number of carbonyl (C=O) groups is 1. The number of ether oxygens (including phenoxy) is 2. The Morgan fingerprint density at radius 1 is 1.14 bits per heavy atom. The van der Waals surface area contributed by atoms with Crippen molar-refractivity contribution in [1.82, 2.24) is 25.5 Å². The van der Waals surface area contributed by atoms with Gasteiger partial charge in [0.25, 0.3) is 0 Å². The van der Waals surface area contributed by atoms with Crippen LogP contribution in [0.1, 0.15) is 53.2 Å². The summed E-state index contributed by atoms with van der Waals surface area (Å²) in [6.45, 7) is -3.06. The monoisotopic (exact) mass is 630 g/mol. The number of tetrazole rings is 1. The van der Waals surface area contributed by atoms with Crippen LogP contribution in [0.3, 0.4) is 0 Å². The van der Waals surface area contributed by atoms with Crippen molar-refractivity contribution in [3.05, 3.63) is 88.2 Å². The quantitative estimate of drug-likeness (QED) is 0.232. The zero-order chi connectivity index (χ0) is 31.0. The lowest BCUT2D eigenvalue weighted by Gasteiger charge is -2.34. The molecule has 1 aliphatic carbocycles. The minimum absolute atomic E-state index is 0.0740. The predicted octanol–water partition coefficient (Wildman–Crippen LogP) is 5.58. The largest absolute Gasteiger partial charge is 0.480 e. The fraction of sp³-hybridized carbons (Fsp3) is 0.333. The molecule has 6 rings (SSSR count). The summed E-state index contributed by atoms with van der Waals surface area (Å²) in [5.41, 5.74) is 4.37. The second kappa shape index (κ2) is 12.0. The molecule has 3 aromatic carbocycles. The minimum Gasteiger partial charge on any atom is -0.480 e. The topological polar surface area (TPSA) is 117 Å². The van der Waals surface area contributed by atoms with Crippen LogP contribution < -0.4 is 20.5 Å². The van der Waals surface area contributed by atoms with Gasteiger partial charge in [0.2, 0.25) is 5.91 Å². The van der Waals surface area contributed by atoms with Gasteiger partial charge in [-0.15, -0.1) is 5.10 Å². The molecule has 14 heteroatoms. The molecular formula is C30H27ClF4N6O3. The molecule has 3 N–H and O–H groups in total. The first-order chi connectivity index (χ1) is 21.2. The second-order valence-electron chi connectivity index (χ2n) is 10.9. The van der Waals surface area contributed by atoms with Gasteiger partial charge < -0.3 is 20.5 Å². The number of carbonyl (C=O) groups excluding carboxylic acids is 1. The molecule has 0 saturated heterocycles. The van der Waals surface area contributed by atoms with Crippen molar-refractivity contribution in [1.29, 1.82) is 0 Å². The van der Waals surface area contributed by atoms with Crippen LogP contribution in [0.15, 0.2) is 54.9 Å². The molecule has 0 bridgehead atoms. The summed E-state index contributed by atoms with van der Waals surface area (Å²) in [6.07, 6.45) is 5.11. The summed E-state index contributed by atoms with van der Waals surface area (Å²) in [6, 6.07) is 12.6. The number of amides is 1. The summed E-state index contributed by atoms with van der Waals surface area (Å²) >= 11 is 6.44. The third kappa shape index (κ3) is 5.57. The van der Waals surface area contributed by atoms with E-state index in [2.05, 4.69) is 25.6 Å². The minimum atomic E-state index is -3.35. The number of aromatic nitrogens is 4. The van der Waals surface area contributed by atoms with E-state index < -0.39 is 46.1 Å². The number of nitrogens with zero attached hydrogens (tertiary/aromatic N) is 4. The standard InChI is InChI=1S/C30H27ClF4N6O3/c31-26-21(32)12-23-20(24(26)25-19(28(36)42)10-11-22(27(25)33)43-29(34)35)13-30(44-23,16-4-2-1-3-5-16)14-37-17-6-8-18(9-7-17)41-15-38-39-40-41/h1-5,10-12,15,17-18,29,37H,6-9,13-14H2,(H2,36,42)/t17?,18?,30-/m1/s1. The van der Waals surface area contributed by atoms with E-state index in [0.717, 1.165) is 49.4 Å². The molecule has 2 heterocycles. The highest BCUT2D eigenvalue weighted by Crippen LogP contribution is 2.50. The van der Waals surface area contributed by atoms with Crippen molar-refractivity contribution in [3.63, 3.8) is 0 Å². The van der Waals surface area contributed by atoms with E-state index >= 15 is 8.78 Å². The molecule has 1 fully saturated rings. The highest BCUT2D eigenvalue weighted by Gasteiger charge is 2.44. The highest BCUT2D eigenvalue weighted by molar-refractivity contribution is 6.34. The SMILES string of the molecule is NC(=O)c1ccc(OC(F)F)c(F)c1-c1c(Cl)c(F)cc2c1C[C@@](CNC1CCC(n3cnnn3)CC1)(c1ccccc1)O2. The summed E-state index contributed by atoms with van der Waals surface area (Å²) < 4.78 is 69.9. The zero-order valence-corrected chi connectivity index (χ0v) is 23.9. The third-order valence-electron chi connectivity index (χ3n) is 8.30. The summed E-state index contributed by atoms with van der Waals surface area (Å²) in [4.78, 5) is 12.4. The van der Waals surface area contributed by atoms with Gasteiger partial charge in [0.1, 0.15) is 17.9 Å². The van der Waals surface area contributed by atoms with Gasteiger partial charge in [0.05, 0.1) is 16.6 Å². The van der Waals surface area contributed by atoms with Crippen LogP contribution in [0.5, 0.6) is 11.5 Å². The van der Waals surface area contributed by atoms with E-state index in [1.54, 1.807) is 11.0 Å². The number of primary amides is 1. The van der Waals surface area contributed by atoms with Gasteiger partial charge in [0, 0.05) is 41.8 Å². The summed E-state index contributed by atoms with van der Waals surface area (Å²) in [5, 5.41) is 14.5. The predicted molar refractivity (Wildman–Crippen MR) is 152 cm³/mol. The van der Waals surface area contributed by atoms with Crippen LogP contribution in [-0.4, -0.2) is 45.3 Å². The molecule has 1 aliphatic heterocycles. The Bertz CT molecular complexity index is 1670. The first kappa shape index (κ1) is 29.8. The van der Waals surface area contributed by atoms with Gasteiger partial charge in [-0.25, -0.2) is 13.5 Å². The zero-order valence-electron chi connectivity index (χ0n) is 23.2. The van der Waals surface area contributed by atoms with Gasteiger partial charge in [-0.1, -0.05) is 41.9 Å². The Hall–Kier alpha value is -4.23. The van der Waals surface area contributed by atoms with Crippen LogP contribution in [0, 0.1) is 11.6 Å². The van der Waals surface area contributed by atoms with E-state index in [4.69, 9.17) is 22.1 Å². The van der Waals surface area contributed by atoms with Crippen LogP contribution in [0.2, 0.25) is 5.02 Å². The first-order valence-corrected chi connectivity index (χ1v) is 14.3. The maximum absolute atomic E-state index is 15.8. The molecule has 0 radical (unpaired) electrons. The molecule has 9 nitrogen and oxygen atoms in total. The van der Waals surface area contributed by atoms with E-state index in [-0.39, 0.29) is 35.4 Å². The lowest BCUT2D eigenvalue weighted by atomic mass is 9.84. The molecule has 1 amide bonds. The highest BCUT2D eigenvalue weighted by atomic mass is 35.5. The molecule has 0 unspecified atom stereocenters. The number of nitrogens with one attached hydrogen (secondary N) is 1. The van der Waals surface area contributed by atoms with Crippen LogP contribution in [-0.2, 0) is 12.0 Å². The van der Waals surface area contributed by atoms with Crippen LogP contribution >= 0.6 is 11.6 Å². The van der Waals surface area contributed by atoms with Gasteiger partial charge >= 0.3 is 6.61 Å². The maximum atomic E-state index is 15.8. The Morgan fingerprint density at radius 3 is 2.55 bits per heavy atom. The van der Waals surface area contributed by atoms with E-state index in [1.807, 2.05) is 30.3 Å². The van der Waals surface area contributed by atoms with Crippen LogP contribution in [0.25, 0.3) is 11.1 Å². The summed E-state index contributed by atoms with van der Waals surface area (Å²) in [7, 11) is 0. The number of hydrogen-bond acceptors (Lipinski definition) is 7. The Balaban J connectivity index is 1.37. The molecule has 4 aromatic rings. The van der Waals surface area contributed by atoms with Gasteiger partial charge in [-0.2, -0.15) is 8.78 Å². The number of rotatable bonds is 9. The van der Waals surface area contributed by atoms with Crippen LogP contribution in [0.4, 0.5) is 17.6 Å². The maximum Gasteiger partial charge on any atom is 0.387 e. The second-order valence-corrected chi connectivity index (χ2v) is 11.3. The fourth-order valence-corrected chi connectivity index (χ4v) is 6.45. The van der Waals surface area contributed by atoms with Gasteiger partial charge in [0.15, 0.2) is 17.2 Å². The number of benzene rings is 3. The van der Waals surface area contributed by atoms with Gasteiger partial charge in [-0.3, -0.25) is 4.79 Å². The molecule has 1 atom stereocenters. The number of hydrogen-bond donors (Lipinski definition) is 2. The normalized spacial score (nSPS) is 21.2. The molecular weight excluding hydrogens is 604 g/mol. The van der Waals surface area contributed by atoms with Crippen molar-refractivity contribution in [3.8, 4) is 22.6 Å². The van der Waals surface area contributed by atoms with Crippen molar-refractivity contribution >= 4 is 17.5 Å². The van der Waals surface area contributed by atoms with E-state index in [0.29, 0.717) is 12.1 Å². The molecule has 230 valence electrons. The summed E-state index contributed by atoms with van der Waals surface area (Å²) in [5.74, 6) is -4.12. The molecule has 2 aliphatic rings. The Morgan fingerprint density at radius 2 is 1.89 bits per heavy atom. The lowest BCUT2D eigenvalue weighted by molar-refractivity contribution is -0.0521. The fourth-order valence-electron chi connectivity index (χ4n) is 6.19. The van der Waals surface area contributed by atoms with E-state index in [1.165, 1.54) is 0 Å².